The van der Waals surface area contributed by atoms with Gasteiger partial charge in [0.25, 0.3) is 0 Å². The van der Waals surface area contributed by atoms with Crippen LogP contribution in [-0.4, -0.2) is 30.3 Å². The van der Waals surface area contributed by atoms with Gasteiger partial charge in [0.05, 0.1) is 6.54 Å². The lowest BCUT2D eigenvalue weighted by atomic mass is 9.84. The first-order valence-electron chi connectivity index (χ1n) is 11.7. The molecule has 0 spiro atoms. The molecule has 0 bridgehead atoms. The molecule has 0 aliphatic carbocycles. The number of ether oxygens (including phenoxy) is 1. The fraction of sp³-hybridized carbons (Fsp3) is 0.241. The standard InChI is InChI=1S/C29H28F3NO3/c1-35-16-6-15-33(19-21-7-2-3-12-27(21)32)20-26-13-14-28(36-26)29(34,22-8-4-10-24(30)17-22)23-9-5-11-25(31)18-23/h2-5,7-14,17-18,34H,6,15-16,19-20H2,1H3. The van der Waals surface area contributed by atoms with Crippen LogP contribution in [0.25, 0.3) is 0 Å². The van der Waals surface area contributed by atoms with Gasteiger partial charge in [-0.05, 0) is 60.0 Å². The molecule has 4 aromatic rings. The van der Waals surface area contributed by atoms with E-state index in [2.05, 4.69) is 0 Å². The minimum absolute atomic E-state index is 0.122. The Hall–Kier alpha value is -3.39. The summed E-state index contributed by atoms with van der Waals surface area (Å²) in [6, 6.07) is 20.9. The number of hydrogen-bond donors (Lipinski definition) is 1. The first kappa shape index (κ1) is 25.7. The molecular weight excluding hydrogens is 467 g/mol. The summed E-state index contributed by atoms with van der Waals surface area (Å²) in [6.45, 7) is 1.86. The number of methoxy groups -OCH3 is 1. The van der Waals surface area contributed by atoms with Crippen LogP contribution < -0.4 is 0 Å². The van der Waals surface area contributed by atoms with Crippen molar-refractivity contribution in [2.24, 2.45) is 0 Å². The molecule has 0 atom stereocenters. The van der Waals surface area contributed by atoms with E-state index in [1.807, 2.05) is 4.90 Å². The number of halogens is 3. The lowest BCUT2D eigenvalue weighted by molar-refractivity contribution is 0.0940. The van der Waals surface area contributed by atoms with Crippen LogP contribution >= 0.6 is 0 Å². The first-order chi connectivity index (χ1) is 17.4. The second-order valence-electron chi connectivity index (χ2n) is 8.65. The molecule has 1 aromatic heterocycles. The van der Waals surface area contributed by atoms with Crippen LogP contribution in [0.2, 0.25) is 0 Å². The lowest BCUT2D eigenvalue weighted by Crippen LogP contribution is -2.29. The summed E-state index contributed by atoms with van der Waals surface area (Å²) in [7, 11) is 1.62. The van der Waals surface area contributed by atoms with E-state index in [9.17, 15) is 18.3 Å². The predicted molar refractivity (Wildman–Crippen MR) is 131 cm³/mol. The third kappa shape index (κ3) is 5.87. The SMILES string of the molecule is COCCCN(Cc1ccc(C(O)(c2cccc(F)c2)c2cccc(F)c2)o1)Cc1ccccc1F. The zero-order chi connectivity index (χ0) is 25.5. The summed E-state index contributed by atoms with van der Waals surface area (Å²) in [5.41, 5.74) is -0.957. The van der Waals surface area contributed by atoms with Crippen molar-refractivity contribution in [1.29, 1.82) is 0 Å². The lowest BCUT2D eigenvalue weighted by Gasteiger charge is -2.27. The Labute approximate surface area is 208 Å². The Kier molecular flexibility index (Phi) is 8.25. The predicted octanol–water partition coefficient (Wildman–Crippen LogP) is 6.02. The smallest absolute Gasteiger partial charge is 0.173 e. The normalized spacial score (nSPS) is 11.8. The van der Waals surface area contributed by atoms with Crippen molar-refractivity contribution in [2.75, 3.05) is 20.3 Å². The number of hydrogen-bond acceptors (Lipinski definition) is 4. The summed E-state index contributed by atoms with van der Waals surface area (Å²) < 4.78 is 53.8. The molecule has 0 aliphatic heterocycles. The van der Waals surface area contributed by atoms with Gasteiger partial charge in [-0.15, -0.1) is 0 Å². The molecule has 0 amide bonds. The first-order valence-corrected chi connectivity index (χ1v) is 11.7. The molecule has 1 heterocycles. The highest BCUT2D eigenvalue weighted by Gasteiger charge is 2.38. The highest BCUT2D eigenvalue weighted by molar-refractivity contribution is 5.44. The van der Waals surface area contributed by atoms with E-state index in [1.54, 1.807) is 49.6 Å². The van der Waals surface area contributed by atoms with Crippen molar-refractivity contribution in [3.8, 4) is 0 Å². The highest BCUT2D eigenvalue weighted by atomic mass is 19.1. The van der Waals surface area contributed by atoms with E-state index in [-0.39, 0.29) is 22.7 Å². The Morgan fingerprint density at radius 1 is 0.833 bits per heavy atom. The largest absolute Gasteiger partial charge is 0.461 e. The second kappa shape index (κ2) is 11.6. The maximum Gasteiger partial charge on any atom is 0.173 e. The molecule has 0 radical (unpaired) electrons. The van der Waals surface area contributed by atoms with Gasteiger partial charge in [-0.3, -0.25) is 4.90 Å². The second-order valence-corrected chi connectivity index (χ2v) is 8.65. The average Bonchev–Trinajstić information content (AvgIpc) is 3.34. The van der Waals surface area contributed by atoms with Crippen LogP contribution in [-0.2, 0) is 23.4 Å². The zero-order valence-electron chi connectivity index (χ0n) is 20.0. The van der Waals surface area contributed by atoms with Crippen molar-refractivity contribution in [1.82, 2.24) is 4.90 Å². The quantitative estimate of drug-likeness (QED) is 0.259. The van der Waals surface area contributed by atoms with Gasteiger partial charge in [0.1, 0.15) is 29.0 Å². The van der Waals surface area contributed by atoms with Crippen molar-refractivity contribution in [3.05, 3.63) is 131 Å². The molecule has 4 nitrogen and oxygen atoms in total. The summed E-state index contributed by atoms with van der Waals surface area (Å²) in [4.78, 5) is 2.02. The number of furan rings is 1. The minimum atomic E-state index is -1.92. The van der Waals surface area contributed by atoms with Crippen LogP contribution in [0, 0.1) is 17.5 Å². The van der Waals surface area contributed by atoms with E-state index < -0.39 is 17.2 Å². The number of nitrogens with zero attached hydrogens (tertiary/aromatic N) is 1. The van der Waals surface area contributed by atoms with Crippen LogP contribution in [0.4, 0.5) is 13.2 Å². The molecule has 36 heavy (non-hydrogen) atoms. The van der Waals surface area contributed by atoms with E-state index >= 15 is 0 Å². The van der Waals surface area contributed by atoms with Gasteiger partial charge in [0, 0.05) is 32.4 Å². The number of rotatable bonds is 11. The molecule has 0 unspecified atom stereocenters. The summed E-state index contributed by atoms with van der Waals surface area (Å²) in [6.07, 6.45) is 0.731. The van der Waals surface area contributed by atoms with Crippen LogP contribution in [0.15, 0.2) is 89.3 Å². The topological polar surface area (TPSA) is 45.8 Å². The monoisotopic (exact) mass is 495 g/mol. The van der Waals surface area contributed by atoms with Gasteiger partial charge in [0.15, 0.2) is 5.60 Å². The van der Waals surface area contributed by atoms with Crippen LogP contribution in [0.5, 0.6) is 0 Å². The maximum atomic E-state index is 14.3. The number of benzene rings is 3. The van der Waals surface area contributed by atoms with Gasteiger partial charge in [-0.2, -0.15) is 0 Å². The van der Waals surface area contributed by atoms with Crippen molar-refractivity contribution >= 4 is 0 Å². The summed E-state index contributed by atoms with van der Waals surface area (Å²) >= 11 is 0. The zero-order valence-corrected chi connectivity index (χ0v) is 20.0. The number of aliphatic hydroxyl groups is 1. The Bertz CT molecular complexity index is 1240. The van der Waals surface area contributed by atoms with Crippen molar-refractivity contribution in [3.63, 3.8) is 0 Å². The van der Waals surface area contributed by atoms with Gasteiger partial charge in [0.2, 0.25) is 0 Å². The maximum absolute atomic E-state index is 14.3. The average molecular weight is 496 g/mol. The van der Waals surface area contributed by atoms with E-state index in [1.165, 1.54) is 42.5 Å². The Balaban J connectivity index is 1.66. The Morgan fingerprint density at radius 3 is 2.11 bits per heavy atom. The molecule has 0 saturated carbocycles. The van der Waals surface area contributed by atoms with Gasteiger partial charge < -0.3 is 14.3 Å². The summed E-state index contributed by atoms with van der Waals surface area (Å²) in [5.74, 6) is -0.728. The van der Waals surface area contributed by atoms with E-state index in [0.29, 0.717) is 37.6 Å². The molecule has 0 fully saturated rings. The van der Waals surface area contributed by atoms with Gasteiger partial charge >= 0.3 is 0 Å². The van der Waals surface area contributed by atoms with Gasteiger partial charge in [-0.25, -0.2) is 13.2 Å². The molecule has 0 saturated heterocycles. The fourth-order valence-corrected chi connectivity index (χ4v) is 4.27. The molecule has 188 valence electrons. The molecule has 4 rings (SSSR count). The van der Waals surface area contributed by atoms with Crippen LogP contribution in [0.1, 0.15) is 34.6 Å². The molecule has 1 N–H and O–H groups in total. The third-order valence-corrected chi connectivity index (χ3v) is 6.06. The molecule has 7 heteroatoms. The van der Waals surface area contributed by atoms with Crippen LogP contribution in [0.3, 0.4) is 0 Å². The fourth-order valence-electron chi connectivity index (χ4n) is 4.27. The van der Waals surface area contributed by atoms with Crippen molar-refractivity contribution in [2.45, 2.75) is 25.1 Å². The van der Waals surface area contributed by atoms with E-state index in [0.717, 1.165) is 6.42 Å². The van der Waals surface area contributed by atoms with Crippen molar-refractivity contribution < 1.29 is 27.4 Å². The minimum Gasteiger partial charge on any atom is -0.461 e. The Morgan fingerprint density at radius 2 is 1.50 bits per heavy atom. The third-order valence-electron chi connectivity index (χ3n) is 6.06. The highest BCUT2D eigenvalue weighted by Crippen LogP contribution is 2.38. The summed E-state index contributed by atoms with van der Waals surface area (Å²) in [5, 5.41) is 11.9. The molecular formula is C29H28F3NO3. The van der Waals surface area contributed by atoms with E-state index in [4.69, 9.17) is 9.15 Å². The molecule has 0 aliphatic rings. The molecule has 3 aromatic carbocycles. The van der Waals surface area contributed by atoms with Gasteiger partial charge in [-0.1, -0.05) is 42.5 Å².